The molecule has 0 aliphatic heterocycles. The summed E-state index contributed by atoms with van der Waals surface area (Å²) in [5, 5.41) is 2.47. The molecule has 0 saturated carbocycles. The predicted molar refractivity (Wildman–Crippen MR) is 81.1 cm³/mol. The normalized spacial score (nSPS) is 10.6. The van der Waals surface area contributed by atoms with Gasteiger partial charge >= 0.3 is 0 Å². The van der Waals surface area contributed by atoms with Crippen molar-refractivity contribution in [1.82, 2.24) is 0 Å². The van der Waals surface area contributed by atoms with Crippen LogP contribution in [0.3, 0.4) is 0 Å². The molecule has 0 heterocycles. The van der Waals surface area contributed by atoms with Gasteiger partial charge in [-0.15, -0.1) is 0 Å². The summed E-state index contributed by atoms with van der Waals surface area (Å²) in [5.41, 5.74) is 0. The summed E-state index contributed by atoms with van der Waals surface area (Å²) in [6, 6.07) is 22.9. The summed E-state index contributed by atoms with van der Waals surface area (Å²) >= 11 is 1.74. The number of ether oxygens (including phenoxy) is 1. The quantitative estimate of drug-likeness (QED) is 0.659. The summed E-state index contributed by atoms with van der Waals surface area (Å²) in [6.45, 7) is 0. The maximum atomic E-state index is 5.50. The van der Waals surface area contributed by atoms with E-state index in [4.69, 9.17) is 4.74 Å². The highest BCUT2D eigenvalue weighted by Gasteiger charge is 2.09. The minimum atomic E-state index is 0.924. The van der Waals surface area contributed by atoms with Crippen molar-refractivity contribution in [3.8, 4) is 5.75 Å². The van der Waals surface area contributed by atoms with Gasteiger partial charge < -0.3 is 4.74 Å². The summed E-state index contributed by atoms with van der Waals surface area (Å²) in [7, 11) is 1.72. The first-order valence-electron chi connectivity index (χ1n) is 6.17. The Labute approximate surface area is 117 Å². The molecular formula is C17H14OS. The number of hydrogen-bond donors (Lipinski definition) is 0. The summed E-state index contributed by atoms with van der Waals surface area (Å²) in [5.74, 6) is 0.924. The van der Waals surface area contributed by atoms with Crippen molar-refractivity contribution in [2.75, 3.05) is 7.11 Å². The van der Waals surface area contributed by atoms with Crippen LogP contribution in [0.15, 0.2) is 76.5 Å². The van der Waals surface area contributed by atoms with E-state index in [0.717, 1.165) is 5.75 Å². The van der Waals surface area contributed by atoms with Gasteiger partial charge in [-0.3, -0.25) is 0 Å². The molecule has 0 radical (unpaired) electrons. The molecule has 0 aliphatic rings. The minimum absolute atomic E-state index is 0.924. The van der Waals surface area contributed by atoms with E-state index in [2.05, 4.69) is 54.6 Å². The Morgan fingerprint density at radius 2 is 1.53 bits per heavy atom. The van der Waals surface area contributed by atoms with E-state index >= 15 is 0 Å². The van der Waals surface area contributed by atoms with Crippen LogP contribution in [0.25, 0.3) is 10.8 Å². The van der Waals surface area contributed by atoms with Crippen molar-refractivity contribution in [3.63, 3.8) is 0 Å². The van der Waals surface area contributed by atoms with Crippen LogP contribution in [0.1, 0.15) is 0 Å². The van der Waals surface area contributed by atoms with Gasteiger partial charge in [0.15, 0.2) is 0 Å². The van der Waals surface area contributed by atoms with Crippen LogP contribution in [0, 0.1) is 0 Å². The largest absolute Gasteiger partial charge is 0.496 e. The monoisotopic (exact) mass is 266 g/mol. The third kappa shape index (κ3) is 2.45. The second-order valence-corrected chi connectivity index (χ2v) is 5.32. The van der Waals surface area contributed by atoms with Gasteiger partial charge in [0, 0.05) is 4.90 Å². The van der Waals surface area contributed by atoms with E-state index in [0.29, 0.717) is 0 Å². The van der Waals surface area contributed by atoms with Crippen LogP contribution in [-0.4, -0.2) is 7.11 Å². The van der Waals surface area contributed by atoms with Gasteiger partial charge in [0.05, 0.1) is 12.0 Å². The lowest BCUT2D eigenvalue weighted by Crippen LogP contribution is -1.87. The Morgan fingerprint density at radius 1 is 0.789 bits per heavy atom. The maximum absolute atomic E-state index is 5.50. The molecule has 0 N–H and O–H groups in total. The van der Waals surface area contributed by atoms with Gasteiger partial charge in [0.25, 0.3) is 0 Å². The lowest BCUT2D eigenvalue weighted by Gasteiger charge is -2.11. The van der Waals surface area contributed by atoms with Gasteiger partial charge in [-0.25, -0.2) is 0 Å². The average molecular weight is 266 g/mol. The minimum Gasteiger partial charge on any atom is -0.496 e. The van der Waals surface area contributed by atoms with E-state index in [1.165, 1.54) is 20.6 Å². The van der Waals surface area contributed by atoms with Gasteiger partial charge in [0.2, 0.25) is 0 Å². The smallest absolute Gasteiger partial charge is 0.133 e. The van der Waals surface area contributed by atoms with E-state index in [1.54, 1.807) is 18.9 Å². The highest BCUT2D eigenvalue weighted by atomic mass is 32.2. The molecule has 0 spiro atoms. The van der Waals surface area contributed by atoms with Gasteiger partial charge in [0.1, 0.15) is 5.75 Å². The Morgan fingerprint density at radius 3 is 2.32 bits per heavy atom. The molecule has 2 heteroatoms. The second kappa shape index (κ2) is 5.37. The third-order valence-electron chi connectivity index (χ3n) is 3.03. The first-order chi connectivity index (χ1) is 9.38. The van der Waals surface area contributed by atoms with E-state index in [-0.39, 0.29) is 0 Å². The summed E-state index contributed by atoms with van der Waals surface area (Å²) in [4.78, 5) is 2.39. The Bertz CT molecular complexity index is 692. The SMILES string of the molecule is COc1ccc2ccccc2c1Sc1ccccc1. The van der Waals surface area contributed by atoms with Crippen LogP contribution in [0.5, 0.6) is 5.75 Å². The van der Waals surface area contributed by atoms with Crippen LogP contribution in [-0.2, 0) is 0 Å². The molecule has 0 bridgehead atoms. The molecule has 94 valence electrons. The number of hydrogen-bond acceptors (Lipinski definition) is 2. The van der Waals surface area contributed by atoms with Gasteiger partial charge in [-0.1, -0.05) is 60.3 Å². The average Bonchev–Trinajstić information content (AvgIpc) is 2.49. The molecule has 0 atom stereocenters. The molecule has 0 fully saturated rings. The summed E-state index contributed by atoms with van der Waals surface area (Å²) in [6.07, 6.45) is 0. The zero-order valence-corrected chi connectivity index (χ0v) is 11.5. The first-order valence-corrected chi connectivity index (χ1v) is 6.99. The predicted octanol–water partition coefficient (Wildman–Crippen LogP) is 5.00. The van der Waals surface area contributed by atoms with Gasteiger partial charge in [-0.05, 0) is 29.0 Å². The van der Waals surface area contributed by atoms with Crippen molar-refractivity contribution >= 4 is 22.5 Å². The van der Waals surface area contributed by atoms with E-state index in [1.807, 2.05) is 12.1 Å². The van der Waals surface area contributed by atoms with Crippen molar-refractivity contribution in [2.45, 2.75) is 9.79 Å². The molecule has 3 aromatic carbocycles. The molecule has 0 aliphatic carbocycles. The Balaban J connectivity index is 2.15. The van der Waals surface area contributed by atoms with Crippen LogP contribution in [0.2, 0.25) is 0 Å². The van der Waals surface area contributed by atoms with Crippen LogP contribution < -0.4 is 4.74 Å². The second-order valence-electron chi connectivity index (χ2n) is 4.23. The molecule has 3 aromatic rings. The zero-order valence-electron chi connectivity index (χ0n) is 10.7. The fourth-order valence-corrected chi connectivity index (χ4v) is 3.17. The van der Waals surface area contributed by atoms with Crippen molar-refractivity contribution < 1.29 is 4.74 Å². The van der Waals surface area contributed by atoms with Crippen LogP contribution >= 0.6 is 11.8 Å². The maximum Gasteiger partial charge on any atom is 0.133 e. The third-order valence-corrected chi connectivity index (χ3v) is 4.16. The standard InChI is InChI=1S/C17H14OS/c1-18-16-12-11-13-7-5-6-10-15(13)17(16)19-14-8-3-2-4-9-14/h2-12H,1H3. The van der Waals surface area contributed by atoms with Crippen molar-refractivity contribution in [2.24, 2.45) is 0 Å². The highest BCUT2D eigenvalue weighted by molar-refractivity contribution is 7.99. The van der Waals surface area contributed by atoms with Crippen molar-refractivity contribution in [3.05, 3.63) is 66.7 Å². The number of fused-ring (bicyclic) bond motifs is 1. The molecule has 0 aromatic heterocycles. The molecule has 3 rings (SSSR count). The molecule has 0 unspecified atom stereocenters. The van der Waals surface area contributed by atoms with E-state index in [9.17, 15) is 0 Å². The summed E-state index contributed by atoms with van der Waals surface area (Å²) < 4.78 is 5.50. The number of methoxy groups -OCH3 is 1. The number of rotatable bonds is 3. The molecule has 19 heavy (non-hydrogen) atoms. The first kappa shape index (κ1) is 12.1. The molecule has 1 nitrogen and oxygen atoms in total. The Kier molecular flexibility index (Phi) is 3.43. The number of benzene rings is 3. The fraction of sp³-hybridized carbons (Fsp3) is 0.0588. The topological polar surface area (TPSA) is 9.23 Å². The Hall–Kier alpha value is -1.93. The van der Waals surface area contributed by atoms with Crippen molar-refractivity contribution in [1.29, 1.82) is 0 Å². The van der Waals surface area contributed by atoms with E-state index < -0.39 is 0 Å². The molecular weight excluding hydrogens is 252 g/mol. The molecule has 0 amide bonds. The fourth-order valence-electron chi connectivity index (χ4n) is 2.10. The zero-order chi connectivity index (χ0) is 13.1. The molecule has 0 saturated heterocycles. The van der Waals surface area contributed by atoms with Gasteiger partial charge in [-0.2, -0.15) is 0 Å². The lowest BCUT2D eigenvalue weighted by atomic mass is 10.1. The lowest BCUT2D eigenvalue weighted by molar-refractivity contribution is 0.406. The van der Waals surface area contributed by atoms with Crippen LogP contribution in [0.4, 0.5) is 0 Å². The highest BCUT2D eigenvalue weighted by Crippen LogP contribution is 2.40.